The summed E-state index contributed by atoms with van der Waals surface area (Å²) in [6, 6.07) is 3.60. The number of nitriles is 1. The Morgan fingerprint density at radius 1 is 1.62 bits per heavy atom. The zero-order chi connectivity index (χ0) is 12.1. The summed E-state index contributed by atoms with van der Waals surface area (Å²) in [5.74, 6) is 0.939. The minimum Gasteiger partial charge on any atom is -0.351 e. The normalized spacial score (nSPS) is 13.9. The molecule has 1 aromatic rings. The van der Waals surface area contributed by atoms with E-state index >= 15 is 0 Å². The molecule has 1 N–H and O–H groups in total. The summed E-state index contributed by atoms with van der Waals surface area (Å²) in [4.78, 5) is 8.17. The standard InChI is InChI=1S/C10H14N4OS/c1-7-4-9(5-11)14-10(12-7)13-8(2)6-16(3)15/h4,8H,6H2,1-3H3,(H,12,13,14). The molecule has 86 valence electrons. The first-order valence-corrected chi connectivity index (χ1v) is 6.56. The summed E-state index contributed by atoms with van der Waals surface area (Å²) in [7, 11) is -0.865. The van der Waals surface area contributed by atoms with E-state index in [2.05, 4.69) is 15.3 Å². The van der Waals surface area contributed by atoms with Crippen LogP contribution in [0, 0.1) is 18.3 Å². The van der Waals surface area contributed by atoms with Gasteiger partial charge >= 0.3 is 0 Å². The van der Waals surface area contributed by atoms with Gasteiger partial charge in [-0.15, -0.1) is 0 Å². The van der Waals surface area contributed by atoms with E-state index in [1.807, 2.05) is 13.0 Å². The van der Waals surface area contributed by atoms with Crippen LogP contribution < -0.4 is 5.32 Å². The molecular weight excluding hydrogens is 224 g/mol. The number of anilines is 1. The van der Waals surface area contributed by atoms with Crippen molar-refractivity contribution in [2.24, 2.45) is 0 Å². The van der Waals surface area contributed by atoms with E-state index < -0.39 is 10.8 Å². The van der Waals surface area contributed by atoms with Crippen molar-refractivity contribution in [2.45, 2.75) is 19.9 Å². The van der Waals surface area contributed by atoms with Gasteiger partial charge in [-0.2, -0.15) is 5.26 Å². The number of rotatable bonds is 4. The fourth-order valence-corrected chi connectivity index (χ4v) is 2.09. The Bertz CT molecular complexity index is 441. The van der Waals surface area contributed by atoms with Crippen molar-refractivity contribution in [2.75, 3.05) is 17.3 Å². The number of hydrogen-bond acceptors (Lipinski definition) is 5. The zero-order valence-corrected chi connectivity index (χ0v) is 10.3. The fraction of sp³-hybridized carbons (Fsp3) is 0.500. The molecule has 2 atom stereocenters. The highest BCUT2D eigenvalue weighted by Gasteiger charge is 2.07. The Balaban J connectivity index is 2.77. The minimum atomic E-state index is -0.865. The van der Waals surface area contributed by atoms with Gasteiger partial charge in [0.2, 0.25) is 5.95 Å². The van der Waals surface area contributed by atoms with Gasteiger partial charge in [-0.3, -0.25) is 4.21 Å². The molecule has 1 aromatic heterocycles. The lowest BCUT2D eigenvalue weighted by Crippen LogP contribution is -2.23. The third-order valence-corrected chi connectivity index (χ3v) is 2.80. The molecule has 0 fully saturated rings. The van der Waals surface area contributed by atoms with Crippen molar-refractivity contribution < 1.29 is 4.21 Å². The second-order valence-corrected chi connectivity index (χ2v) is 5.09. The van der Waals surface area contributed by atoms with Crippen LogP contribution in [0.15, 0.2) is 6.07 Å². The number of aromatic nitrogens is 2. The van der Waals surface area contributed by atoms with Crippen molar-refractivity contribution >= 4 is 16.7 Å². The van der Waals surface area contributed by atoms with Gasteiger partial charge in [0.15, 0.2) is 0 Å². The molecule has 0 aliphatic rings. The second kappa shape index (κ2) is 5.56. The Kier molecular flexibility index (Phi) is 4.38. The molecule has 0 aliphatic carbocycles. The van der Waals surface area contributed by atoms with Crippen LogP contribution in [0.3, 0.4) is 0 Å². The highest BCUT2D eigenvalue weighted by Crippen LogP contribution is 2.05. The number of nitrogens with one attached hydrogen (secondary N) is 1. The lowest BCUT2D eigenvalue weighted by Gasteiger charge is -2.12. The molecule has 1 heterocycles. The summed E-state index contributed by atoms with van der Waals surface area (Å²) in [5.41, 5.74) is 1.07. The van der Waals surface area contributed by atoms with E-state index in [1.165, 1.54) is 0 Å². The van der Waals surface area contributed by atoms with Gasteiger partial charge in [-0.25, -0.2) is 9.97 Å². The molecule has 16 heavy (non-hydrogen) atoms. The van der Waals surface area contributed by atoms with E-state index in [4.69, 9.17) is 5.26 Å². The van der Waals surface area contributed by atoms with Crippen LogP contribution in [0.2, 0.25) is 0 Å². The van der Waals surface area contributed by atoms with Gasteiger partial charge in [0.25, 0.3) is 0 Å². The Hall–Kier alpha value is -1.48. The first-order chi connectivity index (χ1) is 7.51. The Morgan fingerprint density at radius 3 is 2.88 bits per heavy atom. The van der Waals surface area contributed by atoms with E-state index in [1.54, 1.807) is 19.2 Å². The third-order valence-electron chi connectivity index (χ3n) is 1.83. The van der Waals surface area contributed by atoms with Crippen molar-refractivity contribution in [3.05, 3.63) is 17.5 Å². The molecule has 0 aliphatic heterocycles. The van der Waals surface area contributed by atoms with Gasteiger partial charge in [-0.1, -0.05) is 0 Å². The number of aryl methyl sites for hydroxylation is 1. The maximum absolute atomic E-state index is 11.0. The van der Waals surface area contributed by atoms with Gasteiger partial charge in [-0.05, 0) is 19.9 Å². The zero-order valence-electron chi connectivity index (χ0n) is 9.52. The van der Waals surface area contributed by atoms with Crippen LogP contribution in [-0.4, -0.2) is 32.2 Å². The number of nitrogens with zero attached hydrogens (tertiary/aromatic N) is 3. The van der Waals surface area contributed by atoms with Crippen molar-refractivity contribution in [3.63, 3.8) is 0 Å². The molecule has 0 radical (unpaired) electrons. The predicted molar refractivity (Wildman–Crippen MR) is 63.5 cm³/mol. The van der Waals surface area contributed by atoms with Gasteiger partial charge in [0.05, 0.1) is 0 Å². The monoisotopic (exact) mass is 238 g/mol. The van der Waals surface area contributed by atoms with Crippen LogP contribution in [0.4, 0.5) is 5.95 Å². The summed E-state index contributed by atoms with van der Waals surface area (Å²) in [5, 5.41) is 11.8. The van der Waals surface area contributed by atoms with E-state index in [9.17, 15) is 4.21 Å². The van der Waals surface area contributed by atoms with E-state index in [-0.39, 0.29) is 6.04 Å². The molecule has 0 aromatic carbocycles. The maximum Gasteiger partial charge on any atom is 0.224 e. The van der Waals surface area contributed by atoms with Crippen LogP contribution in [0.25, 0.3) is 0 Å². The summed E-state index contributed by atoms with van der Waals surface area (Å²) in [6.07, 6.45) is 1.65. The number of hydrogen-bond donors (Lipinski definition) is 1. The molecule has 2 unspecified atom stereocenters. The lowest BCUT2D eigenvalue weighted by molar-refractivity contribution is 0.682. The average Bonchev–Trinajstić information content (AvgIpc) is 2.14. The van der Waals surface area contributed by atoms with Crippen LogP contribution >= 0.6 is 0 Å². The van der Waals surface area contributed by atoms with Crippen molar-refractivity contribution in [1.82, 2.24) is 9.97 Å². The first kappa shape index (κ1) is 12.6. The largest absolute Gasteiger partial charge is 0.351 e. The molecule has 0 bridgehead atoms. The summed E-state index contributed by atoms with van der Waals surface area (Å²) < 4.78 is 11.0. The smallest absolute Gasteiger partial charge is 0.224 e. The molecule has 0 saturated carbocycles. The minimum absolute atomic E-state index is 0.0131. The molecule has 0 spiro atoms. The highest BCUT2D eigenvalue weighted by molar-refractivity contribution is 7.84. The van der Waals surface area contributed by atoms with Gasteiger partial charge in [0, 0.05) is 34.5 Å². The molecular formula is C10H14N4OS. The maximum atomic E-state index is 11.0. The second-order valence-electron chi connectivity index (χ2n) is 3.62. The summed E-state index contributed by atoms with van der Waals surface area (Å²) in [6.45, 7) is 3.70. The van der Waals surface area contributed by atoms with Crippen molar-refractivity contribution in [1.29, 1.82) is 5.26 Å². The van der Waals surface area contributed by atoms with Gasteiger partial charge in [0.1, 0.15) is 11.8 Å². The molecule has 1 rings (SSSR count). The molecule has 0 amide bonds. The Labute approximate surface area is 97.4 Å². The quantitative estimate of drug-likeness (QED) is 0.840. The van der Waals surface area contributed by atoms with Gasteiger partial charge < -0.3 is 5.32 Å². The lowest BCUT2D eigenvalue weighted by atomic mass is 10.3. The topological polar surface area (TPSA) is 78.7 Å². The molecule has 5 nitrogen and oxygen atoms in total. The Morgan fingerprint density at radius 2 is 2.31 bits per heavy atom. The SMILES string of the molecule is Cc1cc(C#N)nc(NC(C)CS(C)=O)n1. The molecule has 6 heteroatoms. The average molecular weight is 238 g/mol. The fourth-order valence-electron chi connectivity index (χ4n) is 1.30. The summed E-state index contributed by atoms with van der Waals surface area (Å²) >= 11 is 0. The molecule has 0 saturated heterocycles. The predicted octanol–water partition coefficient (Wildman–Crippen LogP) is 0.836. The van der Waals surface area contributed by atoms with Crippen molar-refractivity contribution in [3.8, 4) is 6.07 Å². The van der Waals surface area contributed by atoms with Crippen LogP contribution in [0.1, 0.15) is 18.3 Å². The highest BCUT2D eigenvalue weighted by atomic mass is 32.2. The third kappa shape index (κ3) is 3.95. The van der Waals surface area contributed by atoms with E-state index in [0.717, 1.165) is 5.69 Å². The van der Waals surface area contributed by atoms with E-state index in [0.29, 0.717) is 17.4 Å². The first-order valence-electron chi connectivity index (χ1n) is 4.83. The van der Waals surface area contributed by atoms with Crippen LogP contribution in [-0.2, 0) is 10.8 Å². The van der Waals surface area contributed by atoms with Crippen LogP contribution in [0.5, 0.6) is 0 Å².